The minimum absolute atomic E-state index is 0.0569. The largest absolute Gasteiger partial charge is 0.336 e. The summed E-state index contributed by atoms with van der Waals surface area (Å²) >= 11 is 7.79. The number of thiophene rings is 1. The highest BCUT2D eigenvalue weighted by Crippen LogP contribution is 2.33. The molecule has 1 atom stereocenters. The van der Waals surface area contributed by atoms with E-state index in [9.17, 15) is 4.79 Å². The highest BCUT2D eigenvalue weighted by Gasteiger charge is 2.25. The number of carbonyl (C=O) groups is 1. The van der Waals surface area contributed by atoms with E-state index < -0.39 is 0 Å². The molecule has 2 N–H and O–H groups in total. The molecule has 25 heavy (non-hydrogen) atoms. The number of piperidine rings is 1. The Kier molecular flexibility index (Phi) is 4.27. The normalized spacial score (nSPS) is 18.0. The Balaban J connectivity index is 1.75. The van der Waals surface area contributed by atoms with Gasteiger partial charge in [0.05, 0.1) is 21.3 Å². The molecule has 1 saturated heterocycles. The van der Waals surface area contributed by atoms with Crippen molar-refractivity contribution < 1.29 is 4.79 Å². The van der Waals surface area contributed by atoms with Gasteiger partial charge in [-0.3, -0.25) is 4.79 Å². The second-order valence-electron chi connectivity index (χ2n) is 6.43. The summed E-state index contributed by atoms with van der Waals surface area (Å²) in [6, 6.07) is 9.61. The van der Waals surface area contributed by atoms with E-state index in [0.29, 0.717) is 11.6 Å². The molecular weight excluding hydrogens is 356 g/mol. The molecule has 4 rings (SSSR count). The third-order valence-corrected chi connectivity index (χ3v) is 6.00. The standard InChI is InChI=1S/C18H19ClN4OS/c1-11-13-9-16(17(24)22-8-4-5-12(20)10-22)25-18(13)23(21-11)15-7-3-2-6-14(15)19/h2-3,6-7,9,12H,4-5,8,10,20H2,1H3. The van der Waals surface area contributed by atoms with Crippen molar-refractivity contribution in [2.45, 2.75) is 25.8 Å². The second-order valence-corrected chi connectivity index (χ2v) is 7.87. The first kappa shape index (κ1) is 16.6. The third kappa shape index (κ3) is 2.94. The van der Waals surface area contributed by atoms with Gasteiger partial charge in [-0.1, -0.05) is 23.7 Å². The molecule has 1 amide bonds. The van der Waals surface area contributed by atoms with Crippen LogP contribution >= 0.6 is 22.9 Å². The molecule has 5 nitrogen and oxygen atoms in total. The van der Waals surface area contributed by atoms with Crippen LogP contribution in [0.15, 0.2) is 30.3 Å². The fourth-order valence-electron chi connectivity index (χ4n) is 3.29. The molecule has 0 saturated carbocycles. The van der Waals surface area contributed by atoms with Crippen LogP contribution in [0.25, 0.3) is 15.9 Å². The van der Waals surface area contributed by atoms with Gasteiger partial charge < -0.3 is 10.6 Å². The number of carbonyl (C=O) groups excluding carboxylic acids is 1. The van der Waals surface area contributed by atoms with Crippen LogP contribution in [0, 0.1) is 6.92 Å². The summed E-state index contributed by atoms with van der Waals surface area (Å²) in [5.74, 6) is 0.0569. The molecule has 3 heterocycles. The van der Waals surface area contributed by atoms with Gasteiger partial charge in [0.2, 0.25) is 0 Å². The number of hydrogen-bond acceptors (Lipinski definition) is 4. The third-order valence-electron chi connectivity index (χ3n) is 4.58. The Bertz CT molecular complexity index is 948. The van der Waals surface area contributed by atoms with Gasteiger partial charge in [-0.05, 0) is 38.0 Å². The van der Waals surface area contributed by atoms with Gasteiger partial charge in [-0.25, -0.2) is 4.68 Å². The fraction of sp³-hybridized carbons (Fsp3) is 0.333. The molecule has 1 aromatic carbocycles. The summed E-state index contributed by atoms with van der Waals surface area (Å²) < 4.78 is 1.83. The van der Waals surface area contributed by atoms with E-state index in [1.807, 2.05) is 46.8 Å². The number of fused-ring (bicyclic) bond motifs is 1. The number of rotatable bonds is 2. The molecule has 2 aromatic heterocycles. The molecule has 1 unspecified atom stereocenters. The molecule has 0 aliphatic carbocycles. The van der Waals surface area contributed by atoms with Crippen molar-refractivity contribution in [3.8, 4) is 5.69 Å². The number of hydrogen-bond donors (Lipinski definition) is 1. The lowest BCUT2D eigenvalue weighted by Gasteiger charge is -2.30. The zero-order chi connectivity index (χ0) is 17.6. The number of aryl methyl sites for hydroxylation is 1. The molecule has 3 aromatic rings. The van der Waals surface area contributed by atoms with Gasteiger partial charge in [0.1, 0.15) is 4.83 Å². The van der Waals surface area contributed by atoms with Crippen LogP contribution in [0.3, 0.4) is 0 Å². The van der Waals surface area contributed by atoms with Crippen molar-refractivity contribution in [2.24, 2.45) is 5.73 Å². The number of amides is 1. The van der Waals surface area contributed by atoms with Gasteiger partial charge in [-0.15, -0.1) is 11.3 Å². The number of aromatic nitrogens is 2. The molecule has 1 aliphatic rings. The first-order valence-corrected chi connectivity index (χ1v) is 9.53. The summed E-state index contributed by atoms with van der Waals surface area (Å²) in [5, 5.41) is 6.23. The van der Waals surface area contributed by atoms with Crippen LogP contribution in [0.2, 0.25) is 5.02 Å². The van der Waals surface area contributed by atoms with E-state index >= 15 is 0 Å². The van der Waals surface area contributed by atoms with E-state index in [1.54, 1.807) is 0 Å². The number of halogens is 1. The molecule has 0 radical (unpaired) electrons. The monoisotopic (exact) mass is 374 g/mol. The van der Waals surface area contributed by atoms with Crippen LogP contribution in [-0.2, 0) is 0 Å². The van der Waals surface area contributed by atoms with E-state index in [2.05, 4.69) is 5.10 Å². The average molecular weight is 375 g/mol. The highest BCUT2D eigenvalue weighted by atomic mass is 35.5. The summed E-state index contributed by atoms with van der Waals surface area (Å²) in [6.45, 7) is 3.35. The number of benzene rings is 1. The molecule has 130 valence electrons. The van der Waals surface area contributed by atoms with E-state index in [0.717, 1.165) is 45.9 Å². The van der Waals surface area contributed by atoms with Gasteiger partial charge in [0, 0.05) is 24.5 Å². The highest BCUT2D eigenvalue weighted by molar-refractivity contribution is 7.20. The maximum absolute atomic E-state index is 12.9. The maximum Gasteiger partial charge on any atom is 0.264 e. The van der Waals surface area contributed by atoms with Crippen molar-refractivity contribution in [1.82, 2.24) is 14.7 Å². The van der Waals surface area contributed by atoms with E-state index in [-0.39, 0.29) is 11.9 Å². The van der Waals surface area contributed by atoms with Crippen molar-refractivity contribution >= 4 is 39.1 Å². The summed E-state index contributed by atoms with van der Waals surface area (Å²) in [5.41, 5.74) is 7.73. The zero-order valence-electron chi connectivity index (χ0n) is 13.9. The quantitative estimate of drug-likeness (QED) is 0.745. The molecular formula is C18H19ClN4OS. The molecule has 1 fully saturated rings. The Morgan fingerprint density at radius 2 is 2.20 bits per heavy atom. The van der Waals surface area contributed by atoms with Crippen LogP contribution in [0.1, 0.15) is 28.2 Å². The average Bonchev–Trinajstić information content (AvgIpc) is 3.16. The van der Waals surface area contributed by atoms with E-state index in [4.69, 9.17) is 17.3 Å². The maximum atomic E-state index is 12.9. The predicted molar refractivity (Wildman–Crippen MR) is 102 cm³/mol. The lowest BCUT2D eigenvalue weighted by molar-refractivity contribution is 0.0714. The Morgan fingerprint density at radius 3 is 2.96 bits per heavy atom. The van der Waals surface area contributed by atoms with Crippen molar-refractivity contribution in [2.75, 3.05) is 13.1 Å². The zero-order valence-corrected chi connectivity index (χ0v) is 15.5. The number of nitrogens with two attached hydrogens (primary N) is 1. The SMILES string of the molecule is Cc1nn(-c2ccccc2Cl)c2sc(C(=O)N3CCCC(N)C3)cc12. The van der Waals surface area contributed by atoms with Gasteiger partial charge in [-0.2, -0.15) is 5.10 Å². The Hall–Kier alpha value is -1.89. The van der Waals surface area contributed by atoms with Crippen molar-refractivity contribution in [3.05, 3.63) is 45.9 Å². The summed E-state index contributed by atoms with van der Waals surface area (Å²) in [6.07, 6.45) is 1.95. The minimum atomic E-state index is 0.0569. The minimum Gasteiger partial charge on any atom is -0.336 e. The van der Waals surface area contributed by atoms with Gasteiger partial charge >= 0.3 is 0 Å². The van der Waals surface area contributed by atoms with Crippen LogP contribution in [-0.4, -0.2) is 39.7 Å². The fourth-order valence-corrected chi connectivity index (χ4v) is 4.65. The first-order chi connectivity index (χ1) is 12.0. The van der Waals surface area contributed by atoms with Crippen LogP contribution in [0.4, 0.5) is 0 Å². The lowest BCUT2D eigenvalue weighted by Crippen LogP contribution is -2.45. The first-order valence-electron chi connectivity index (χ1n) is 8.33. The molecule has 7 heteroatoms. The lowest BCUT2D eigenvalue weighted by atomic mass is 10.1. The predicted octanol–water partition coefficient (Wildman–Crippen LogP) is 3.61. The van der Waals surface area contributed by atoms with Crippen LogP contribution in [0.5, 0.6) is 0 Å². The number of para-hydroxylation sites is 1. The Labute approximate surface area is 155 Å². The van der Waals surface area contributed by atoms with E-state index in [1.165, 1.54) is 11.3 Å². The van der Waals surface area contributed by atoms with Crippen molar-refractivity contribution in [1.29, 1.82) is 0 Å². The molecule has 0 bridgehead atoms. The number of likely N-dealkylation sites (tertiary alicyclic amines) is 1. The van der Waals surface area contributed by atoms with Gasteiger partial charge in [0.15, 0.2) is 0 Å². The molecule has 0 spiro atoms. The molecule has 1 aliphatic heterocycles. The van der Waals surface area contributed by atoms with Crippen molar-refractivity contribution in [3.63, 3.8) is 0 Å². The summed E-state index contributed by atoms with van der Waals surface area (Å²) in [7, 11) is 0. The number of nitrogens with zero attached hydrogens (tertiary/aromatic N) is 3. The Morgan fingerprint density at radius 1 is 1.40 bits per heavy atom. The topological polar surface area (TPSA) is 64.2 Å². The smallest absolute Gasteiger partial charge is 0.264 e. The second kappa shape index (κ2) is 6.44. The van der Waals surface area contributed by atoms with Gasteiger partial charge in [0.25, 0.3) is 5.91 Å². The van der Waals surface area contributed by atoms with Crippen LogP contribution < -0.4 is 5.73 Å². The summed E-state index contributed by atoms with van der Waals surface area (Å²) in [4.78, 5) is 16.4.